The number of nitrogens with zero attached hydrogens (tertiary/aromatic N) is 1. The van der Waals surface area contributed by atoms with Gasteiger partial charge in [0.05, 0.1) is 12.1 Å². The topological polar surface area (TPSA) is 44.6 Å². The van der Waals surface area contributed by atoms with E-state index in [9.17, 15) is 5.11 Å². The maximum absolute atomic E-state index is 9.86. The van der Waals surface area contributed by atoms with Crippen molar-refractivity contribution in [2.75, 3.05) is 13.1 Å². The van der Waals surface area contributed by atoms with Crippen LogP contribution in [0, 0.1) is 0 Å². The number of nitrogens with one attached hydrogen (secondary N) is 1. The molecule has 98 valence electrons. The van der Waals surface area contributed by atoms with Gasteiger partial charge in [-0.2, -0.15) is 0 Å². The summed E-state index contributed by atoms with van der Waals surface area (Å²) in [4.78, 5) is 4.50. The lowest BCUT2D eigenvalue weighted by Crippen LogP contribution is -2.42. The highest BCUT2D eigenvalue weighted by Gasteiger charge is 2.20. The molecule has 1 saturated heterocycles. The van der Waals surface area contributed by atoms with Gasteiger partial charge in [0, 0.05) is 12.8 Å². The molecule has 3 rings (SSSR count). The van der Waals surface area contributed by atoms with E-state index in [1.165, 1.54) is 10.8 Å². The predicted octanol–water partition coefficient (Wildman–Crippen LogP) is 1.98. The van der Waals surface area contributed by atoms with Crippen LogP contribution in [-0.4, -0.2) is 36.6 Å². The molecule has 2 atom stereocenters. The van der Waals surface area contributed by atoms with E-state index in [2.05, 4.69) is 40.6 Å². The zero-order valence-electron chi connectivity index (χ0n) is 10.8. The van der Waals surface area contributed by atoms with E-state index in [0.29, 0.717) is 0 Å². The zero-order valence-corrected chi connectivity index (χ0v) is 10.8. The summed E-state index contributed by atoms with van der Waals surface area (Å²) in [7, 11) is 0. The Hall–Kier alpha value is -1.71. The van der Waals surface area contributed by atoms with Crippen molar-refractivity contribution in [2.24, 2.45) is 4.99 Å². The van der Waals surface area contributed by atoms with Crippen LogP contribution < -0.4 is 5.32 Å². The number of piperidine rings is 1. The second-order valence-electron chi connectivity index (χ2n) is 5.01. The van der Waals surface area contributed by atoms with Crippen LogP contribution in [0.4, 0.5) is 0 Å². The van der Waals surface area contributed by atoms with Gasteiger partial charge in [0.25, 0.3) is 0 Å². The standard InChI is InChI=1S/C16H18N2O/c19-16-7-8-17-11-15(16)18-10-12-5-6-13-3-1-2-4-14(13)9-12/h1-6,9-10,15-17,19H,7-8,11H2/b18-10+/t15-,16-/m0/s1. The Morgan fingerprint density at radius 3 is 2.84 bits per heavy atom. The molecule has 1 aliphatic heterocycles. The molecule has 2 aromatic carbocycles. The molecule has 1 fully saturated rings. The molecule has 2 N–H and O–H groups in total. The van der Waals surface area contributed by atoms with E-state index < -0.39 is 0 Å². The molecule has 0 unspecified atom stereocenters. The first-order chi connectivity index (χ1) is 9.33. The van der Waals surface area contributed by atoms with Crippen LogP contribution in [0.25, 0.3) is 10.8 Å². The first-order valence-corrected chi connectivity index (χ1v) is 6.74. The van der Waals surface area contributed by atoms with Gasteiger partial charge in [-0.05, 0) is 35.4 Å². The summed E-state index contributed by atoms with van der Waals surface area (Å²) < 4.78 is 0. The zero-order chi connectivity index (χ0) is 13.1. The Bertz CT molecular complexity index is 594. The van der Waals surface area contributed by atoms with Crippen LogP contribution in [0.2, 0.25) is 0 Å². The van der Waals surface area contributed by atoms with Gasteiger partial charge in [-0.1, -0.05) is 36.4 Å². The van der Waals surface area contributed by atoms with Crippen LogP contribution in [0.15, 0.2) is 47.5 Å². The van der Waals surface area contributed by atoms with Crippen molar-refractivity contribution in [1.29, 1.82) is 0 Å². The molecule has 0 aromatic heterocycles. The molecule has 19 heavy (non-hydrogen) atoms. The molecule has 0 saturated carbocycles. The Kier molecular flexibility index (Phi) is 3.58. The summed E-state index contributed by atoms with van der Waals surface area (Å²) in [6, 6.07) is 14.6. The van der Waals surface area contributed by atoms with Gasteiger partial charge in [0.15, 0.2) is 0 Å². The number of aliphatic hydroxyl groups excluding tert-OH is 1. The molecule has 3 nitrogen and oxygen atoms in total. The number of fused-ring (bicyclic) bond motifs is 1. The quantitative estimate of drug-likeness (QED) is 0.805. The molecule has 1 heterocycles. The lowest BCUT2D eigenvalue weighted by molar-refractivity contribution is 0.117. The molecular formula is C16H18N2O. The summed E-state index contributed by atoms with van der Waals surface area (Å²) in [6.07, 6.45) is 2.32. The molecule has 0 radical (unpaired) electrons. The Labute approximate surface area is 113 Å². The van der Waals surface area contributed by atoms with Crippen LogP contribution in [-0.2, 0) is 0 Å². The third-order valence-electron chi connectivity index (χ3n) is 3.60. The Balaban J connectivity index is 1.80. The molecule has 0 aliphatic carbocycles. The van der Waals surface area contributed by atoms with E-state index in [-0.39, 0.29) is 12.1 Å². The van der Waals surface area contributed by atoms with Crippen molar-refractivity contribution < 1.29 is 5.11 Å². The molecule has 3 heteroatoms. The van der Waals surface area contributed by atoms with Gasteiger partial charge in [-0.25, -0.2) is 0 Å². The predicted molar refractivity (Wildman–Crippen MR) is 78.8 cm³/mol. The van der Waals surface area contributed by atoms with E-state index in [1.807, 2.05) is 18.3 Å². The minimum Gasteiger partial charge on any atom is -0.391 e. The number of rotatable bonds is 2. The van der Waals surface area contributed by atoms with Crippen LogP contribution in [0.3, 0.4) is 0 Å². The van der Waals surface area contributed by atoms with Crippen LogP contribution >= 0.6 is 0 Å². The fraction of sp³-hybridized carbons (Fsp3) is 0.312. The molecule has 2 aromatic rings. The largest absolute Gasteiger partial charge is 0.391 e. The number of aliphatic hydroxyl groups is 1. The monoisotopic (exact) mass is 254 g/mol. The van der Waals surface area contributed by atoms with Gasteiger partial charge in [0.2, 0.25) is 0 Å². The second-order valence-corrected chi connectivity index (χ2v) is 5.01. The number of hydrogen-bond acceptors (Lipinski definition) is 3. The van der Waals surface area contributed by atoms with Crippen molar-refractivity contribution >= 4 is 17.0 Å². The highest BCUT2D eigenvalue weighted by Crippen LogP contribution is 2.15. The lowest BCUT2D eigenvalue weighted by Gasteiger charge is -2.24. The van der Waals surface area contributed by atoms with Crippen LogP contribution in [0.1, 0.15) is 12.0 Å². The van der Waals surface area contributed by atoms with Crippen molar-refractivity contribution in [3.05, 3.63) is 48.0 Å². The molecule has 0 spiro atoms. The highest BCUT2D eigenvalue weighted by atomic mass is 16.3. The normalized spacial score (nSPS) is 24.1. The first kappa shape index (κ1) is 12.3. The van der Waals surface area contributed by atoms with Crippen molar-refractivity contribution in [1.82, 2.24) is 5.32 Å². The fourth-order valence-electron chi connectivity index (χ4n) is 2.45. The summed E-state index contributed by atoms with van der Waals surface area (Å²) >= 11 is 0. The lowest BCUT2D eigenvalue weighted by atomic mass is 10.0. The summed E-state index contributed by atoms with van der Waals surface area (Å²) in [6.45, 7) is 1.63. The summed E-state index contributed by atoms with van der Waals surface area (Å²) in [5.74, 6) is 0. The van der Waals surface area contributed by atoms with Gasteiger partial charge in [-0.3, -0.25) is 4.99 Å². The third kappa shape index (κ3) is 2.83. The fourth-order valence-corrected chi connectivity index (χ4v) is 2.45. The minimum atomic E-state index is -0.321. The van der Waals surface area contributed by atoms with Gasteiger partial charge >= 0.3 is 0 Å². The Morgan fingerprint density at radius 2 is 2.00 bits per heavy atom. The van der Waals surface area contributed by atoms with Gasteiger partial charge in [-0.15, -0.1) is 0 Å². The Morgan fingerprint density at radius 1 is 1.16 bits per heavy atom. The molecular weight excluding hydrogens is 236 g/mol. The SMILES string of the molecule is O[C@H]1CCNC[C@@H]1/N=C/c1ccc2ccccc2c1. The van der Waals surface area contributed by atoms with E-state index in [1.54, 1.807) is 0 Å². The smallest absolute Gasteiger partial charge is 0.0883 e. The average Bonchev–Trinajstić information content (AvgIpc) is 2.46. The number of benzene rings is 2. The van der Waals surface area contributed by atoms with Crippen molar-refractivity contribution in [2.45, 2.75) is 18.6 Å². The highest BCUT2D eigenvalue weighted by molar-refractivity contribution is 5.90. The molecule has 1 aliphatic rings. The van der Waals surface area contributed by atoms with Crippen LogP contribution in [0.5, 0.6) is 0 Å². The average molecular weight is 254 g/mol. The van der Waals surface area contributed by atoms with E-state index in [4.69, 9.17) is 0 Å². The maximum Gasteiger partial charge on any atom is 0.0883 e. The number of hydrogen-bond donors (Lipinski definition) is 2. The first-order valence-electron chi connectivity index (χ1n) is 6.74. The van der Waals surface area contributed by atoms with Crippen molar-refractivity contribution in [3.8, 4) is 0 Å². The maximum atomic E-state index is 9.86. The summed E-state index contributed by atoms with van der Waals surface area (Å²) in [5.41, 5.74) is 1.08. The van der Waals surface area contributed by atoms with Gasteiger partial charge in [0.1, 0.15) is 0 Å². The van der Waals surface area contributed by atoms with E-state index >= 15 is 0 Å². The van der Waals surface area contributed by atoms with E-state index in [0.717, 1.165) is 25.1 Å². The minimum absolute atomic E-state index is 0.0276. The second kappa shape index (κ2) is 5.51. The number of aliphatic imine (C=N–C) groups is 1. The van der Waals surface area contributed by atoms with Crippen molar-refractivity contribution in [3.63, 3.8) is 0 Å². The molecule has 0 amide bonds. The summed E-state index contributed by atoms with van der Waals surface area (Å²) in [5, 5.41) is 15.6. The molecule has 0 bridgehead atoms. The van der Waals surface area contributed by atoms with Gasteiger partial charge < -0.3 is 10.4 Å². The third-order valence-corrected chi connectivity index (χ3v) is 3.60.